The van der Waals surface area contributed by atoms with Crippen LogP contribution in [0.3, 0.4) is 0 Å². The van der Waals surface area contributed by atoms with Crippen LogP contribution in [0.15, 0.2) is 0 Å². The molecule has 0 bridgehead atoms. The first-order chi connectivity index (χ1) is 8.83. The lowest BCUT2D eigenvalue weighted by atomic mass is 10.0. The van der Waals surface area contributed by atoms with Crippen LogP contribution in [0.5, 0.6) is 0 Å². The smallest absolute Gasteiger partial charge is 0.222 e. The average molecular weight is 254 g/mol. The molecular weight excluding hydrogens is 228 g/mol. The second kappa shape index (κ2) is 21.1. The SMILES string of the molecule is C1CCCCCCCCCCC1.N=C=O.N=C=O. The fourth-order valence-electron chi connectivity index (χ4n) is 2.12. The van der Waals surface area contributed by atoms with E-state index in [-0.39, 0.29) is 0 Å². The lowest BCUT2D eigenvalue weighted by Crippen LogP contribution is -1.85. The van der Waals surface area contributed by atoms with Gasteiger partial charge < -0.3 is 0 Å². The summed E-state index contributed by atoms with van der Waals surface area (Å²) in [5, 5.41) is 10.8. The number of nitrogens with one attached hydrogen (secondary N) is 2. The predicted octanol–water partition coefficient (Wildman–Crippen LogP) is 4.48. The molecule has 0 aromatic carbocycles. The van der Waals surface area contributed by atoms with E-state index in [0.29, 0.717) is 0 Å². The number of isocyanates is 2. The lowest BCUT2D eigenvalue weighted by Gasteiger charge is -2.05. The van der Waals surface area contributed by atoms with Gasteiger partial charge in [0.2, 0.25) is 12.2 Å². The number of rotatable bonds is 0. The van der Waals surface area contributed by atoms with Crippen molar-refractivity contribution in [3.05, 3.63) is 0 Å². The van der Waals surface area contributed by atoms with Crippen LogP contribution in [0, 0.1) is 10.8 Å². The Morgan fingerprint density at radius 3 is 0.556 bits per heavy atom. The zero-order valence-corrected chi connectivity index (χ0v) is 11.3. The third-order valence-electron chi connectivity index (χ3n) is 3.00. The quantitative estimate of drug-likeness (QED) is 0.493. The fourth-order valence-corrected chi connectivity index (χ4v) is 2.12. The van der Waals surface area contributed by atoms with E-state index >= 15 is 0 Å². The Balaban J connectivity index is 0. The van der Waals surface area contributed by atoms with Crippen LogP contribution in [-0.2, 0) is 9.59 Å². The van der Waals surface area contributed by atoms with E-state index < -0.39 is 0 Å². The van der Waals surface area contributed by atoms with Crippen molar-refractivity contribution in [2.75, 3.05) is 0 Å². The third-order valence-corrected chi connectivity index (χ3v) is 3.00. The Labute approximate surface area is 110 Å². The second-order valence-electron chi connectivity index (χ2n) is 4.45. The van der Waals surface area contributed by atoms with Gasteiger partial charge in [0.25, 0.3) is 0 Å². The van der Waals surface area contributed by atoms with E-state index in [0.717, 1.165) is 12.2 Å². The molecule has 0 radical (unpaired) electrons. The molecule has 1 aliphatic carbocycles. The first kappa shape index (κ1) is 19.1. The van der Waals surface area contributed by atoms with Gasteiger partial charge in [-0.15, -0.1) is 0 Å². The van der Waals surface area contributed by atoms with E-state index in [1.165, 1.54) is 77.0 Å². The Morgan fingerprint density at radius 1 is 0.444 bits per heavy atom. The Hall–Kier alpha value is -1.24. The summed E-state index contributed by atoms with van der Waals surface area (Å²) in [6.45, 7) is 0. The summed E-state index contributed by atoms with van der Waals surface area (Å²) < 4.78 is 0. The van der Waals surface area contributed by atoms with Crippen LogP contribution in [0.2, 0.25) is 0 Å². The largest absolute Gasteiger partial charge is 0.231 e. The first-order valence-electron chi connectivity index (χ1n) is 6.91. The molecule has 104 valence electrons. The molecule has 0 atom stereocenters. The molecule has 4 heteroatoms. The van der Waals surface area contributed by atoms with Gasteiger partial charge in [-0.2, -0.15) is 0 Å². The Morgan fingerprint density at radius 2 is 0.500 bits per heavy atom. The summed E-state index contributed by atoms with van der Waals surface area (Å²) in [7, 11) is 0. The third kappa shape index (κ3) is 24.1. The molecule has 1 saturated carbocycles. The molecule has 1 fully saturated rings. The van der Waals surface area contributed by atoms with Gasteiger partial charge in [0.05, 0.1) is 0 Å². The van der Waals surface area contributed by atoms with E-state index in [4.69, 9.17) is 20.4 Å². The maximum Gasteiger partial charge on any atom is 0.231 e. The zero-order chi connectivity index (χ0) is 13.9. The zero-order valence-electron chi connectivity index (χ0n) is 11.3. The Bertz CT molecular complexity index is 163. The molecule has 1 aliphatic rings. The van der Waals surface area contributed by atoms with Crippen molar-refractivity contribution in [3.8, 4) is 0 Å². The van der Waals surface area contributed by atoms with Crippen LogP contribution in [0.1, 0.15) is 77.0 Å². The minimum absolute atomic E-state index is 0.750. The van der Waals surface area contributed by atoms with Crippen molar-refractivity contribution in [1.29, 1.82) is 10.8 Å². The van der Waals surface area contributed by atoms with Crippen LogP contribution in [-0.4, -0.2) is 12.2 Å². The molecule has 0 aliphatic heterocycles. The average Bonchev–Trinajstić information content (AvgIpc) is 2.31. The van der Waals surface area contributed by atoms with Gasteiger partial charge in [-0.25, -0.2) is 20.4 Å². The highest BCUT2D eigenvalue weighted by Gasteiger charge is 1.96. The van der Waals surface area contributed by atoms with Crippen LogP contribution in [0.4, 0.5) is 0 Å². The molecular formula is C14H26N2O2. The highest BCUT2D eigenvalue weighted by molar-refractivity contribution is 5.26. The summed E-state index contributed by atoms with van der Waals surface area (Å²) in [5.41, 5.74) is 0. The van der Waals surface area contributed by atoms with Crippen LogP contribution in [0.25, 0.3) is 0 Å². The molecule has 1 rings (SSSR count). The highest BCUT2D eigenvalue weighted by Crippen LogP contribution is 2.15. The van der Waals surface area contributed by atoms with E-state index in [1.807, 2.05) is 0 Å². The number of hydrogen-bond acceptors (Lipinski definition) is 4. The molecule has 0 unspecified atom stereocenters. The minimum Gasteiger partial charge on any atom is -0.222 e. The molecule has 2 N–H and O–H groups in total. The van der Waals surface area contributed by atoms with E-state index in [2.05, 4.69) is 0 Å². The molecule has 0 spiro atoms. The van der Waals surface area contributed by atoms with Gasteiger partial charge in [0, 0.05) is 0 Å². The molecule has 0 saturated heterocycles. The van der Waals surface area contributed by atoms with Gasteiger partial charge in [-0.3, -0.25) is 0 Å². The lowest BCUT2D eigenvalue weighted by molar-refractivity contribution is 0.504. The number of carbonyl (C=O) groups excluding carboxylic acids is 2. The molecule has 0 amide bonds. The van der Waals surface area contributed by atoms with Crippen molar-refractivity contribution < 1.29 is 9.59 Å². The van der Waals surface area contributed by atoms with Crippen molar-refractivity contribution in [2.24, 2.45) is 0 Å². The van der Waals surface area contributed by atoms with Crippen molar-refractivity contribution >= 4 is 12.2 Å². The summed E-state index contributed by atoms with van der Waals surface area (Å²) in [6, 6.07) is 0. The van der Waals surface area contributed by atoms with E-state index in [9.17, 15) is 0 Å². The first-order valence-corrected chi connectivity index (χ1v) is 6.91. The summed E-state index contributed by atoms with van der Waals surface area (Å²) in [6.07, 6.45) is 19.5. The van der Waals surface area contributed by atoms with Gasteiger partial charge in [-0.1, -0.05) is 77.0 Å². The number of hydrogen-bond donors (Lipinski definition) is 2. The summed E-state index contributed by atoms with van der Waals surface area (Å²) in [4.78, 5) is 16.7. The predicted molar refractivity (Wildman–Crippen MR) is 72.2 cm³/mol. The van der Waals surface area contributed by atoms with Gasteiger partial charge in [0.1, 0.15) is 0 Å². The summed E-state index contributed by atoms with van der Waals surface area (Å²) in [5.74, 6) is 0. The van der Waals surface area contributed by atoms with Crippen molar-refractivity contribution in [3.63, 3.8) is 0 Å². The van der Waals surface area contributed by atoms with Gasteiger partial charge >= 0.3 is 0 Å². The molecule has 18 heavy (non-hydrogen) atoms. The maximum absolute atomic E-state index is 8.35. The van der Waals surface area contributed by atoms with E-state index in [1.54, 1.807) is 0 Å². The normalized spacial score (nSPS) is 16.9. The molecule has 4 nitrogen and oxygen atoms in total. The maximum atomic E-state index is 8.35. The monoisotopic (exact) mass is 254 g/mol. The standard InChI is InChI=1S/C12H24.2CHNO/c1-2-4-6-8-10-12-11-9-7-5-3-1;2*2-1-3/h1-12H2;2*2H. The van der Waals surface area contributed by atoms with Crippen molar-refractivity contribution in [2.45, 2.75) is 77.0 Å². The Kier molecular flexibility index (Phi) is 22.4. The van der Waals surface area contributed by atoms with Crippen LogP contribution >= 0.6 is 0 Å². The topological polar surface area (TPSA) is 81.8 Å². The molecule has 0 aromatic heterocycles. The summed E-state index contributed by atoms with van der Waals surface area (Å²) >= 11 is 0. The van der Waals surface area contributed by atoms with Crippen molar-refractivity contribution in [1.82, 2.24) is 0 Å². The second-order valence-corrected chi connectivity index (χ2v) is 4.45. The molecule has 0 heterocycles. The minimum atomic E-state index is 0.750. The highest BCUT2D eigenvalue weighted by atomic mass is 16.1. The van der Waals surface area contributed by atoms with Crippen LogP contribution < -0.4 is 0 Å². The van der Waals surface area contributed by atoms with Gasteiger partial charge in [-0.05, 0) is 0 Å². The molecule has 0 aromatic rings. The van der Waals surface area contributed by atoms with Gasteiger partial charge in [0.15, 0.2) is 0 Å². The fraction of sp³-hybridized carbons (Fsp3) is 0.857.